The van der Waals surface area contributed by atoms with E-state index < -0.39 is 10.0 Å². The van der Waals surface area contributed by atoms with Crippen LogP contribution in [0.1, 0.15) is 13.3 Å². The number of carbonyl (C=O) groups is 1. The Labute approximate surface area is 112 Å². The molecule has 0 atom stereocenters. The maximum Gasteiger partial charge on any atom is 0.244 e. The molecule has 7 nitrogen and oxygen atoms in total. The van der Waals surface area contributed by atoms with E-state index in [2.05, 4.69) is 20.3 Å². The van der Waals surface area contributed by atoms with Gasteiger partial charge in [0.25, 0.3) is 0 Å². The van der Waals surface area contributed by atoms with Crippen molar-refractivity contribution in [1.29, 1.82) is 0 Å². The van der Waals surface area contributed by atoms with E-state index in [0.717, 1.165) is 0 Å². The first-order chi connectivity index (χ1) is 9.01. The number of pyridine rings is 1. The van der Waals surface area contributed by atoms with Crippen molar-refractivity contribution in [3.8, 4) is 0 Å². The Balaban J connectivity index is 2.79. The lowest BCUT2D eigenvalue weighted by Gasteiger charge is -2.10. The van der Waals surface area contributed by atoms with Crippen molar-refractivity contribution < 1.29 is 13.2 Å². The average molecular weight is 286 g/mol. The Morgan fingerprint density at radius 3 is 2.79 bits per heavy atom. The first-order valence-corrected chi connectivity index (χ1v) is 7.38. The Morgan fingerprint density at radius 2 is 2.16 bits per heavy atom. The number of anilines is 1. The van der Waals surface area contributed by atoms with Crippen LogP contribution in [0.3, 0.4) is 0 Å². The minimum absolute atomic E-state index is 0.0441. The highest BCUT2D eigenvalue weighted by atomic mass is 32.2. The smallest absolute Gasteiger partial charge is 0.244 e. The van der Waals surface area contributed by atoms with Gasteiger partial charge in [0.1, 0.15) is 10.7 Å². The Bertz CT molecular complexity index is 530. The minimum Gasteiger partial charge on any atom is -0.369 e. The zero-order chi connectivity index (χ0) is 14.3. The molecule has 106 valence electrons. The molecule has 0 bridgehead atoms. The molecule has 1 aromatic rings. The third kappa shape index (κ3) is 4.49. The molecule has 0 fully saturated rings. The van der Waals surface area contributed by atoms with Gasteiger partial charge in [-0.3, -0.25) is 4.79 Å². The Morgan fingerprint density at radius 1 is 1.42 bits per heavy atom. The number of aromatic nitrogens is 1. The summed E-state index contributed by atoms with van der Waals surface area (Å²) in [5.41, 5.74) is 0. The average Bonchev–Trinajstić information content (AvgIpc) is 2.39. The fraction of sp³-hybridized carbons (Fsp3) is 0.455. The molecule has 1 rings (SSSR count). The second kappa shape index (κ2) is 7.05. The molecule has 3 N–H and O–H groups in total. The molecule has 0 saturated heterocycles. The maximum atomic E-state index is 12.1. The number of sulfonamides is 1. The fourth-order valence-corrected chi connectivity index (χ4v) is 2.57. The van der Waals surface area contributed by atoms with Gasteiger partial charge in [0.05, 0.1) is 0 Å². The lowest BCUT2D eigenvalue weighted by atomic mass is 10.4. The van der Waals surface area contributed by atoms with Gasteiger partial charge in [-0.15, -0.1) is 0 Å². The summed E-state index contributed by atoms with van der Waals surface area (Å²) in [6.45, 7) is 2.46. The Kier molecular flexibility index (Phi) is 5.71. The van der Waals surface area contributed by atoms with Crippen LogP contribution in [0.25, 0.3) is 0 Å². The van der Waals surface area contributed by atoms with Crippen LogP contribution in [0.4, 0.5) is 5.82 Å². The van der Waals surface area contributed by atoms with Crippen LogP contribution in [0.2, 0.25) is 0 Å². The molecule has 0 radical (unpaired) electrons. The van der Waals surface area contributed by atoms with Crippen LogP contribution in [0.15, 0.2) is 23.2 Å². The summed E-state index contributed by atoms with van der Waals surface area (Å²) < 4.78 is 26.5. The van der Waals surface area contributed by atoms with Gasteiger partial charge in [-0.25, -0.2) is 18.1 Å². The molecule has 0 aromatic carbocycles. The molecule has 0 spiro atoms. The summed E-state index contributed by atoms with van der Waals surface area (Å²) in [6.07, 6.45) is 1.61. The number of nitrogens with zero attached hydrogens (tertiary/aromatic N) is 1. The van der Waals surface area contributed by atoms with Gasteiger partial charge in [0, 0.05) is 32.8 Å². The summed E-state index contributed by atoms with van der Waals surface area (Å²) in [5, 5.41) is 5.31. The van der Waals surface area contributed by atoms with Gasteiger partial charge >= 0.3 is 0 Å². The van der Waals surface area contributed by atoms with Crippen molar-refractivity contribution >= 4 is 21.7 Å². The van der Waals surface area contributed by atoms with Crippen LogP contribution >= 0.6 is 0 Å². The van der Waals surface area contributed by atoms with Gasteiger partial charge in [-0.2, -0.15) is 0 Å². The SMILES string of the molecule is CCNc1ncccc1S(=O)(=O)NCCC(=O)NC. The quantitative estimate of drug-likeness (QED) is 0.651. The molecule has 1 aromatic heterocycles. The van der Waals surface area contributed by atoms with E-state index in [1.807, 2.05) is 6.92 Å². The monoisotopic (exact) mass is 286 g/mol. The van der Waals surface area contributed by atoms with E-state index in [9.17, 15) is 13.2 Å². The second-order valence-electron chi connectivity index (χ2n) is 3.70. The summed E-state index contributed by atoms with van der Waals surface area (Å²) in [6, 6.07) is 3.02. The molecule has 0 aliphatic rings. The summed E-state index contributed by atoms with van der Waals surface area (Å²) in [5.74, 6) is 0.0817. The number of amides is 1. The van der Waals surface area contributed by atoms with Crippen LogP contribution in [-0.2, 0) is 14.8 Å². The van der Waals surface area contributed by atoms with Gasteiger partial charge in [0.2, 0.25) is 15.9 Å². The standard InChI is InChI=1S/C11H18N4O3S/c1-3-13-11-9(5-4-7-14-11)19(17,18)15-8-6-10(16)12-2/h4-5,7,15H,3,6,8H2,1-2H3,(H,12,16)(H,13,14). The third-order valence-electron chi connectivity index (χ3n) is 2.33. The normalized spacial score (nSPS) is 11.1. The van der Waals surface area contributed by atoms with E-state index in [1.54, 1.807) is 6.07 Å². The van der Waals surface area contributed by atoms with Crippen molar-refractivity contribution in [3.05, 3.63) is 18.3 Å². The molecule has 8 heteroatoms. The van der Waals surface area contributed by atoms with Crippen LogP contribution < -0.4 is 15.4 Å². The number of carbonyl (C=O) groups excluding carboxylic acids is 1. The van der Waals surface area contributed by atoms with Crippen molar-refractivity contribution in [3.63, 3.8) is 0 Å². The van der Waals surface area contributed by atoms with Crippen molar-refractivity contribution in [2.75, 3.05) is 25.5 Å². The highest BCUT2D eigenvalue weighted by Gasteiger charge is 2.18. The number of nitrogens with one attached hydrogen (secondary N) is 3. The molecule has 1 amide bonds. The van der Waals surface area contributed by atoms with Crippen LogP contribution in [0, 0.1) is 0 Å². The van der Waals surface area contributed by atoms with Gasteiger partial charge in [0.15, 0.2) is 0 Å². The zero-order valence-electron chi connectivity index (χ0n) is 10.9. The van der Waals surface area contributed by atoms with Crippen molar-refractivity contribution in [1.82, 2.24) is 15.0 Å². The highest BCUT2D eigenvalue weighted by Crippen LogP contribution is 2.17. The molecule has 1 heterocycles. The van der Waals surface area contributed by atoms with Crippen LogP contribution in [0.5, 0.6) is 0 Å². The van der Waals surface area contributed by atoms with E-state index in [4.69, 9.17) is 0 Å². The first-order valence-electron chi connectivity index (χ1n) is 5.90. The zero-order valence-corrected chi connectivity index (χ0v) is 11.8. The lowest BCUT2D eigenvalue weighted by Crippen LogP contribution is -2.29. The first kappa shape index (κ1) is 15.4. The van der Waals surface area contributed by atoms with Crippen molar-refractivity contribution in [2.45, 2.75) is 18.2 Å². The molecule has 0 unspecified atom stereocenters. The number of hydrogen-bond donors (Lipinski definition) is 3. The lowest BCUT2D eigenvalue weighted by molar-refractivity contribution is -0.120. The molecule has 19 heavy (non-hydrogen) atoms. The second-order valence-corrected chi connectivity index (χ2v) is 5.44. The molecular weight excluding hydrogens is 268 g/mol. The van der Waals surface area contributed by atoms with Crippen molar-refractivity contribution in [2.24, 2.45) is 0 Å². The summed E-state index contributed by atoms with van der Waals surface area (Å²) >= 11 is 0. The number of rotatable bonds is 7. The minimum atomic E-state index is -3.67. The van der Waals surface area contributed by atoms with E-state index in [1.165, 1.54) is 19.3 Å². The molecule has 0 aliphatic heterocycles. The van der Waals surface area contributed by atoms with E-state index in [-0.39, 0.29) is 23.8 Å². The predicted molar refractivity (Wildman–Crippen MR) is 72.3 cm³/mol. The van der Waals surface area contributed by atoms with E-state index >= 15 is 0 Å². The van der Waals surface area contributed by atoms with E-state index in [0.29, 0.717) is 12.4 Å². The van der Waals surface area contributed by atoms with Gasteiger partial charge in [-0.1, -0.05) is 0 Å². The van der Waals surface area contributed by atoms with Crippen LogP contribution in [-0.4, -0.2) is 39.4 Å². The van der Waals surface area contributed by atoms with Gasteiger partial charge in [-0.05, 0) is 19.1 Å². The molecule has 0 aliphatic carbocycles. The Hall–Kier alpha value is -1.67. The highest BCUT2D eigenvalue weighted by molar-refractivity contribution is 7.89. The predicted octanol–water partition coefficient (Wildman–Crippen LogP) is -0.0722. The largest absolute Gasteiger partial charge is 0.369 e. The van der Waals surface area contributed by atoms with Gasteiger partial charge < -0.3 is 10.6 Å². The summed E-state index contributed by atoms with van der Waals surface area (Å²) in [7, 11) is -2.17. The molecular formula is C11H18N4O3S. The third-order valence-corrected chi connectivity index (χ3v) is 3.82. The fourth-order valence-electron chi connectivity index (χ4n) is 1.41. The topological polar surface area (TPSA) is 100 Å². The number of hydrogen-bond acceptors (Lipinski definition) is 5. The maximum absolute atomic E-state index is 12.1. The summed E-state index contributed by atoms with van der Waals surface area (Å²) in [4.78, 5) is 15.1. The molecule has 0 saturated carbocycles.